The number of carbonyl (C=O) groups is 2. The lowest BCUT2D eigenvalue weighted by Crippen LogP contribution is -2.53. The zero-order valence-electron chi connectivity index (χ0n) is 12.8. The van der Waals surface area contributed by atoms with Gasteiger partial charge in [-0.15, -0.1) is 0 Å². The quantitative estimate of drug-likeness (QED) is 0.806. The van der Waals surface area contributed by atoms with Gasteiger partial charge in [-0.3, -0.25) is 14.5 Å². The van der Waals surface area contributed by atoms with Gasteiger partial charge < -0.3 is 5.11 Å². The maximum Gasteiger partial charge on any atom is 0.229 e. The number of carbonyl (C=O) groups excluding carboxylic acids is 2. The Morgan fingerprint density at radius 3 is 2.00 bits per heavy atom. The molecule has 1 aliphatic heterocycles. The van der Waals surface area contributed by atoms with Crippen LogP contribution in [0.3, 0.4) is 0 Å². The van der Waals surface area contributed by atoms with E-state index in [2.05, 4.69) is 0 Å². The zero-order valence-corrected chi connectivity index (χ0v) is 12.8. The molecule has 114 valence electrons. The van der Waals surface area contributed by atoms with Crippen molar-refractivity contribution < 1.29 is 14.7 Å². The number of β-amino-alcohol motifs (C(OH)–C–C–N with tert-alkyl or cyclic N) is 1. The molecule has 2 fully saturated rings. The maximum absolute atomic E-state index is 12.4. The second-order valence-corrected chi connectivity index (χ2v) is 6.72. The van der Waals surface area contributed by atoms with E-state index in [9.17, 15) is 14.7 Å². The summed E-state index contributed by atoms with van der Waals surface area (Å²) in [6, 6.07) is 0. The Hall–Kier alpha value is -0.900. The molecule has 1 heterocycles. The molecular weight excluding hydrogens is 254 g/mol. The fraction of sp³-hybridized carbons (Fsp3) is 0.875. The van der Waals surface area contributed by atoms with Gasteiger partial charge in [0.1, 0.15) is 0 Å². The van der Waals surface area contributed by atoms with Crippen LogP contribution in [0.4, 0.5) is 0 Å². The maximum atomic E-state index is 12.4. The van der Waals surface area contributed by atoms with Crippen LogP contribution in [-0.2, 0) is 9.59 Å². The number of piperidine rings is 1. The largest absolute Gasteiger partial charge is 0.388 e. The number of hydrogen-bond acceptors (Lipinski definition) is 3. The normalized spacial score (nSPS) is 23.4. The summed E-state index contributed by atoms with van der Waals surface area (Å²) in [4.78, 5) is 26.1. The van der Waals surface area contributed by atoms with Crippen LogP contribution in [0.1, 0.15) is 71.6 Å². The molecule has 0 radical (unpaired) electrons. The van der Waals surface area contributed by atoms with E-state index in [-0.39, 0.29) is 23.8 Å². The highest BCUT2D eigenvalue weighted by molar-refractivity contribution is 5.98. The number of imide groups is 1. The number of rotatable bonds is 4. The molecule has 0 aromatic rings. The summed E-state index contributed by atoms with van der Waals surface area (Å²) in [6.07, 6.45) is 7.60. The Morgan fingerprint density at radius 1 is 1.05 bits per heavy atom. The molecule has 1 N–H and O–H groups in total. The Morgan fingerprint density at radius 2 is 1.55 bits per heavy atom. The van der Waals surface area contributed by atoms with E-state index in [1.54, 1.807) is 0 Å². The van der Waals surface area contributed by atoms with E-state index in [1.807, 2.05) is 13.8 Å². The molecule has 0 aromatic carbocycles. The predicted molar refractivity (Wildman–Crippen MR) is 77.0 cm³/mol. The minimum Gasteiger partial charge on any atom is -0.388 e. The van der Waals surface area contributed by atoms with E-state index >= 15 is 0 Å². The molecule has 0 aromatic heterocycles. The van der Waals surface area contributed by atoms with Gasteiger partial charge >= 0.3 is 0 Å². The first kappa shape index (κ1) is 15.5. The average molecular weight is 281 g/mol. The molecule has 1 saturated carbocycles. The van der Waals surface area contributed by atoms with Crippen LogP contribution in [0.5, 0.6) is 0 Å². The molecule has 1 spiro atoms. The Balaban J connectivity index is 2.07. The molecule has 4 heteroatoms. The molecule has 0 unspecified atom stereocenters. The van der Waals surface area contributed by atoms with Crippen LogP contribution in [-0.4, -0.2) is 34.0 Å². The molecule has 4 nitrogen and oxygen atoms in total. The number of likely N-dealkylation sites (tertiary alicyclic amines) is 1. The molecule has 20 heavy (non-hydrogen) atoms. The van der Waals surface area contributed by atoms with Gasteiger partial charge in [-0.05, 0) is 31.1 Å². The predicted octanol–water partition coefficient (Wildman–Crippen LogP) is 2.64. The van der Waals surface area contributed by atoms with Crippen LogP contribution < -0.4 is 0 Å². The SMILES string of the molecule is CCC(O)(CC)CN1C(=O)CC2(CCCCC2)CC1=O. The van der Waals surface area contributed by atoms with Gasteiger partial charge in [0.2, 0.25) is 11.8 Å². The summed E-state index contributed by atoms with van der Waals surface area (Å²) in [6.45, 7) is 3.95. The van der Waals surface area contributed by atoms with Crippen LogP contribution >= 0.6 is 0 Å². The third kappa shape index (κ3) is 3.05. The summed E-state index contributed by atoms with van der Waals surface area (Å²) < 4.78 is 0. The van der Waals surface area contributed by atoms with Gasteiger partial charge in [0.05, 0.1) is 12.1 Å². The van der Waals surface area contributed by atoms with Crippen molar-refractivity contribution in [1.82, 2.24) is 4.90 Å². The third-order valence-electron chi connectivity index (χ3n) is 5.34. The first-order valence-corrected chi connectivity index (χ1v) is 7.99. The number of amides is 2. The van der Waals surface area contributed by atoms with Crippen molar-refractivity contribution in [3.63, 3.8) is 0 Å². The van der Waals surface area contributed by atoms with E-state index in [0.29, 0.717) is 25.7 Å². The lowest BCUT2D eigenvalue weighted by molar-refractivity contribution is -0.159. The molecule has 2 aliphatic rings. The van der Waals surface area contributed by atoms with E-state index in [0.717, 1.165) is 25.7 Å². The van der Waals surface area contributed by atoms with Crippen molar-refractivity contribution in [2.45, 2.75) is 77.2 Å². The highest BCUT2D eigenvalue weighted by Crippen LogP contribution is 2.45. The standard InChI is InChI=1S/C16H27NO3/c1-3-16(20,4-2)12-17-13(18)10-15(11-14(17)19)8-6-5-7-9-15/h20H,3-12H2,1-2H3. The van der Waals surface area contributed by atoms with Gasteiger partial charge in [-0.1, -0.05) is 33.1 Å². The van der Waals surface area contributed by atoms with Crippen LogP contribution in [0.25, 0.3) is 0 Å². The van der Waals surface area contributed by atoms with Gasteiger partial charge in [-0.2, -0.15) is 0 Å². The highest BCUT2D eigenvalue weighted by Gasteiger charge is 2.45. The minimum absolute atomic E-state index is 0.0700. The second kappa shape index (κ2) is 5.84. The van der Waals surface area contributed by atoms with E-state index in [1.165, 1.54) is 11.3 Å². The molecule has 2 amide bonds. The fourth-order valence-electron chi connectivity index (χ4n) is 3.63. The summed E-state index contributed by atoms with van der Waals surface area (Å²) in [7, 11) is 0. The topological polar surface area (TPSA) is 57.6 Å². The number of hydrogen-bond donors (Lipinski definition) is 1. The molecule has 0 atom stereocenters. The lowest BCUT2D eigenvalue weighted by Gasteiger charge is -2.44. The first-order valence-electron chi connectivity index (χ1n) is 7.99. The molecule has 1 saturated heterocycles. The van der Waals surface area contributed by atoms with E-state index < -0.39 is 5.60 Å². The van der Waals surface area contributed by atoms with Crippen LogP contribution in [0, 0.1) is 5.41 Å². The Bertz CT molecular complexity index is 361. The lowest BCUT2D eigenvalue weighted by atomic mass is 9.67. The van der Waals surface area contributed by atoms with E-state index in [4.69, 9.17) is 0 Å². The van der Waals surface area contributed by atoms with Crippen molar-refractivity contribution in [1.29, 1.82) is 0 Å². The van der Waals surface area contributed by atoms with Crippen molar-refractivity contribution >= 4 is 11.8 Å². The monoisotopic (exact) mass is 281 g/mol. The number of aliphatic hydroxyl groups is 1. The summed E-state index contributed by atoms with van der Waals surface area (Å²) in [5.74, 6) is -0.160. The van der Waals surface area contributed by atoms with Gasteiger partial charge in [-0.25, -0.2) is 0 Å². The number of nitrogens with zero attached hydrogens (tertiary/aromatic N) is 1. The van der Waals surface area contributed by atoms with Crippen LogP contribution in [0.2, 0.25) is 0 Å². The molecule has 1 aliphatic carbocycles. The van der Waals surface area contributed by atoms with Gasteiger partial charge in [0.15, 0.2) is 0 Å². The zero-order chi connectivity index (χ0) is 14.8. The van der Waals surface area contributed by atoms with Gasteiger partial charge in [0.25, 0.3) is 0 Å². The average Bonchev–Trinajstić information content (AvgIpc) is 2.43. The highest BCUT2D eigenvalue weighted by atomic mass is 16.3. The van der Waals surface area contributed by atoms with Crippen molar-refractivity contribution in [2.75, 3.05) is 6.54 Å². The summed E-state index contributed by atoms with van der Waals surface area (Å²) >= 11 is 0. The Labute approximate surface area is 121 Å². The van der Waals surface area contributed by atoms with Crippen molar-refractivity contribution in [3.05, 3.63) is 0 Å². The molecule has 0 bridgehead atoms. The van der Waals surface area contributed by atoms with Gasteiger partial charge in [0, 0.05) is 12.8 Å². The van der Waals surface area contributed by atoms with Crippen molar-refractivity contribution in [3.8, 4) is 0 Å². The smallest absolute Gasteiger partial charge is 0.229 e. The van der Waals surface area contributed by atoms with Crippen LogP contribution in [0.15, 0.2) is 0 Å². The van der Waals surface area contributed by atoms with Crippen molar-refractivity contribution in [2.24, 2.45) is 5.41 Å². The molecular formula is C16H27NO3. The Kier molecular flexibility index (Phi) is 4.52. The summed E-state index contributed by atoms with van der Waals surface area (Å²) in [5.41, 5.74) is -0.998. The summed E-state index contributed by atoms with van der Waals surface area (Å²) in [5, 5.41) is 10.4. The minimum atomic E-state index is -0.928. The first-order chi connectivity index (χ1) is 9.44. The third-order valence-corrected chi connectivity index (χ3v) is 5.34. The molecule has 2 rings (SSSR count). The fourth-order valence-corrected chi connectivity index (χ4v) is 3.63. The second-order valence-electron chi connectivity index (χ2n) is 6.72.